The van der Waals surface area contributed by atoms with Crippen molar-refractivity contribution in [1.29, 1.82) is 0 Å². The molecule has 228 valence electrons. The number of pyridine rings is 1. The van der Waals surface area contributed by atoms with Crippen LogP contribution in [0.5, 0.6) is 23.0 Å². The van der Waals surface area contributed by atoms with Crippen LogP contribution in [0.1, 0.15) is 11.1 Å². The molecule has 0 aliphatic carbocycles. The number of hydrogen-bond acceptors (Lipinski definition) is 6. The number of imidazole rings is 1. The summed E-state index contributed by atoms with van der Waals surface area (Å²) < 4.78 is 55.7. The van der Waals surface area contributed by atoms with Gasteiger partial charge in [-0.3, -0.25) is 4.90 Å². The Morgan fingerprint density at radius 2 is 1.91 bits per heavy atom. The molecule has 4 heterocycles. The fraction of sp³-hybridized carbons (Fsp3) is 0.273. The van der Waals surface area contributed by atoms with Crippen molar-refractivity contribution in [2.24, 2.45) is 0 Å². The highest BCUT2D eigenvalue weighted by Crippen LogP contribution is 2.41. The molecule has 3 aromatic carbocycles. The highest BCUT2D eigenvalue weighted by molar-refractivity contribution is 5.91. The van der Waals surface area contributed by atoms with Crippen molar-refractivity contribution < 1.29 is 44.7 Å². The summed E-state index contributed by atoms with van der Waals surface area (Å²) in [6.45, 7) is 3.55. The van der Waals surface area contributed by atoms with E-state index in [1.54, 1.807) is 19.6 Å². The maximum Gasteiger partial charge on any atom is 0.231 e. The van der Waals surface area contributed by atoms with Crippen LogP contribution in [-0.2, 0) is 26.1 Å². The van der Waals surface area contributed by atoms with Crippen LogP contribution in [0, 0.1) is 11.6 Å². The first-order valence-corrected chi connectivity index (χ1v) is 14.3. The van der Waals surface area contributed by atoms with Gasteiger partial charge in [0.05, 0.1) is 24.4 Å². The number of methoxy groups -OCH3 is 1. The number of hydrogen-bond donors (Lipinski definition) is 0. The molecule has 0 unspecified atom stereocenters. The average molecular weight is 621 g/mol. The van der Waals surface area contributed by atoms with Crippen molar-refractivity contribution in [3.63, 3.8) is 0 Å². The number of rotatable bonds is 10. The first-order valence-electron chi connectivity index (χ1n) is 14.3. The van der Waals surface area contributed by atoms with Gasteiger partial charge in [-0.2, -0.15) is 4.57 Å². The lowest BCUT2D eigenvalue weighted by molar-refractivity contribution is -0.686. The van der Waals surface area contributed by atoms with Crippen molar-refractivity contribution in [2.75, 3.05) is 33.6 Å². The molecule has 0 fully saturated rings. The SMILES string of the molecule is COc1ccc2cc3[n+](cc2c1OCCN(CCn1ccnc1)Cc1ccc(F)cc1F)CCc1cc2c(cc1-3)OCO2.[Cl-]. The summed E-state index contributed by atoms with van der Waals surface area (Å²) in [4.78, 5) is 6.20. The smallest absolute Gasteiger partial charge is 0.231 e. The monoisotopic (exact) mass is 620 g/mol. The van der Waals surface area contributed by atoms with Crippen LogP contribution in [0.2, 0.25) is 0 Å². The van der Waals surface area contributed by atoms with Crippen molar-refractivity contribution in [3.05, 3.63) is 96.2 Å². The highest BCUT2D eigenvalue weighted by Gasteiger charge is 2.28. The van der Waals surface area contributed by atoms with Gasteiger partial charge in [-0.15, -0.1) is 0 Å². The van der Waals surface area contributed by atoms with Gasteiger partial charge in [-0.05, 0) is 41.3 Å². The molecule has 0 atom stereocenters. The minimum Gasteiger partial charge on any atom is -1.00 e. The molecular formula is C33H31ClF2N4O4. The van der Waals surface area contributed by atoms with Gasteiger partial charge in [0.15, 0.2) is 35.7 Å². The number of halogens is 3. The predicted molar refractivity (Wildman–Crippen MR) is 155 cm³/mol. The van der Waals surface area contributed by atoms with Gasteiger partial charge in [0, 0.05) is 62.7 Å². The lowest BCUT2D eigenvalue weighted by Crippen LogP contribution is -3.00. The van der Waals surface area contributed by atoms with Crippen molar-refractivity contribution in [1.82, 2.24) is 14.5 Å². The van der Waals surface area contributed by atoms with E-state index in [0.29, 0.717) is 49.8 Å². The molecule has 0 radical (unpaired) electrons. The molecule has 8 nitrogen and oxygen atoms in total. The Morgan fingerprint density at radius 1 is 1.05 bits per heavy atom. The third-order valence-corrected chi connectivity index (χ3v) is 8.09. The number of aromatic nitrogens is 3. The number of nitrogens with zero attached hydrogens (tertiary/aromatic N) is 4. The van der Waals surface area contributed by atoms with Crippen LogP contribution < -0.4 is 35.9 Å². The zero-order valence-electron chi connectivity index (χ0n) is 24.1. The van der Waals surface area contributed by atoms with E-state index in [1.807, 2.05) is 22.9 Å². The molecule has 0 amide bonds. The van der Waals surface area contributed by atoms with Gasteiger partial charge >= 0.3 is 0 Å². The fourth-order valence-electron chi connectivity index (χ4n) is 5.82. The van der Waals surface area contributed by atoms with Crippen LogP contribution >= 0.6 is 0 Å². The summed E-state index contributed by atoms with van der Waals surface area (Å²) in [6.07, 6.45) is 8.36. The van der Waals surface area contributed by atoms with Gasteiger partial charge in [0.1, 0.15) is 18.2 Å². The van der Waals surface area contributed by atoms with E-state index in [0.717, 1.165) is 52.6 Å². The van der Waals surface area contributed by atoms with E-state index in [4.69, 9.17) is 18.9 Å². The average Bonchev–Trinajstić information content (AvgIpc) is 3.71. The van der Waals surface area contributed by atoms with Crippen molar-refractivity contribution in [3.8, 4) is 34.3 Å². The summed E-state index contributed by atoms with van der Waals surface area (Å²) in [6, 6.07) is 14.0. The minimum absolute atomic E-state index is 0. The van der Waals surface area contributed by atoms with Gasteiger partial charge in [0.2, 0.25) is 12.5 Å². The van der Waals surface area contributed by atoms with E-state index >= 15 is 0 Å². The van der Waals surface area contributed by atoms with Gasteiger partial charge in [0.25, 0.3) is 0 Å². The van der Waals surface area contributed by atoms with Crippen LogP contribution in [0.25, 0.3) is 22.0 Å². The van der Waals surface area contributed by atoms with E-state index in [2.05, 4.69) is 38.8 Å². The van der Waals surface area contributed by atoms with E-state index in [1.165, 1.54) is 17.7 Å². The topological polar surface area (TPSA) is 61.9 Å². The Bertz CT molecular complexity index is 1800. The molecular weight excluding hydrogens is 590 g/mol. The molecule has 0 bridgehead atoms. The molecule has 0 saturated carbocycles. The standard InChI is InChI=1S/C33H31F2N4O4.ClH/c1-40-30-5-3-22-14-29-26-17-32-31(42-21-43-32)15-23(26)6-8-39(29)19-27(22)33(30)41-13-12-37(10-11-38-9-7-36-20-38)18-24-2-4-25(34)16-28(24)35;/h2-5,7,9,14-17,19-20H,6,8,10-13,18,21H2,1H3;1H/q+1;/p-1. The van der Waals surface area contributed by atoms with Gasteiger partial charge in [-0.1, -0.05) is 6.07 Å². The molecule has 11 heteroatoms. The molecule has 5 aromatic rings. The lowest BCUT2D eigenvalue weighted by Gasteiger charge is -2.23. The maximum absolute atomic E-state index is 14.5. The van der Waals surface area contributed by atoms with Crippen molar-refractivity contribution in [2.45, 2.75) is 26.1 Å². The molecule has 2 aliphatic heterocycles. The molecule has 2 aliphatic rings. The van der Waals surface area contributed by atoms with Gasteiger partial charge in [-0.25, -0.2) is 13.8 Å². The second-order valence-corrected chi connectivity index (χ2v) is 10.7. The fourth-order valence-corrected chi connectivity index (χ4v) is 5.82. The third-order valence-electron chi connectivity index (χ3n) is 8.09. The summed E-state index contributed by atoms with van der Waals surface area (Å²) in [5.41, 5.74) is 3.91. The van der Waals surface area contributed by atoms with Crippen molar-refractivity contribution >= 4 is 10.8 Å². The molecule has 0 N–H and O–H groups in total. The second-order valence-electron chi connectivity index (χ2n) is 10.7. The molecule has 44 heavy (non-hydrogen) atoms. The van der Waals surface area contributed by atoms with E-state index in [9.17, 15) is 8.78 Å². The summed E-state index contributed by atoms with van der Waals surface area (Å²) in [5.74, 6) is 1.72. The molecule has 7 rings (SSSR count). The number of aryl methyl sites for hydroxylation is 2. The minimum atomic E-state index is -0.590. The van der Waals surface area contributed by atoms with E-state index in [-0.39, 0.29) is 19.2 Å². The number of benzene rings is 3. The van der Waals surface area contributed by atoms with Crippen LogP contribution in [0.15, 0.2) is 73.4 Å². The summed E-state index contributed by atoms with van der Waals surface area (Å²) in [7, 11) is 1.63. The zero-order valence-corrected chi connectivity index (χ0v) is 24.9. The Balaban J connectivity index is 0.00000343. The molecule has 0 saturated heterocycles. The predicted octanol–water partition coefficient (Wildman–Crippen LogP) is 2.15. The lowest BCUT2D eigenvalue weighted by atomic mass is 9.95. The first-order chi connectivity index (χ1) is 21.1. The largest absolute Gasteiger partial charge is 1.00 e. The second kappa shape index (κ2) is 12.7. The Morgan fingerprint density at radius 3 is 2.70 bits per heavy atom. The Hall–Kier alpha value is -4.41. The molecule has 0 spiro atoms. The first kappa shape index (κ1) is 29.7. The number of fused-ring (bicyclic) bond motifs is 5. The van der Waals surface area contributed by atoms with Crippen LogP contribution in [-0.4, -0.2) is 48.1 Å². The van der Waals surface area contributed by atoms with Crippen LogP contribution in [0.4, 0.5) is 8.78 Å². The summed E-state index contributed by atoms with van der Waals surface area (Å²) >= 11 is 0. The Labute approximate surface area is 259 Å². The van der Waals surface area contributed by atoms with Crippen LogP contribution in [0.3, 0.4) is 0 Å². The highest BCUT2D eigenvalue weighted by atomic mass is 35.5. The Kier molecular flexibility index (Phi) is 8.54. The molecule has 2 aromatic heterocycles. The summed E-state index contributed by atoms with van der Waals surface area (Å²) in [5, 5.41) is 1.97. The number of ether oxygens (including phenoxy) is 4. The van der Waals surface area contributed by atoms with Gasteiger partial charge < -0.3 is 35.9 Å². The zero-order chi connectivity index (χ0) is 29.3. The maximum atomic E-state index is 14.5. The third kappa shape index (κ3) is 5.87. The normalized spacial score (nSPS) is 13.0. The van der Waals surface area contributed by atoms with E-state index < -0.39 is 11.6 Å². The quantitative estimate of drug-likeness (QED) is 0.223.